The van der Waals surface area contributed by atoms with Crippen LogP contribution in [0.2, 0.25) is 0 Å². The largest absolute Gasteiger partial charge is 0.496 e. The number of rotatable bonds is 7. The molecule has 0 aliphatic rings. The fraction of sp³-hybridized carbons (Fsp3) is 0.222. The number of hydrogen-bond acceptors (Lipinski definition) is 4. The number of hydrogen-bond donors (Lipinski definition) is 1. The molecule has 2 aromatic rings. The lowest BCUT2D eigenvalue weighted by Crippen LogP contribution is -2.28. The Morgan fingerprint density at radius 3 is 2.35 bits per heavy atom. The van der Waals surface area contributed by atoms with Gasteiger partial charge in [0.2, 0.25) is 0 Å². The Kier molecular flexibility index (Phi) is 5.74. The Morgan fingerprint density at radius 2 is 1.65 bits per heavy atom. The first kappa shape index (κ1) is 16.5. The smallest absolute Gasteiger partial charge is 0.258 e. The summed E-state index contributed by atoms with van der Waals surface area (Å²) in [6.45, 7) is 1.66. The highest BCUT2D eigenvalue weighted by Gasteiger charge is 2.10. The van der Waals surface area contributed by atoms with Crippen LogP contribution in [0, 0.1) is 0 Å². The molecule has 5 nitrogen and oxygen atoms in total. The summed E-state index contributed by atoms with van der Waals surface area (Å²) in [5, 5.41) is 2.76. The first-order valence-electron chi connectivity index (χ1n) is 7.23. The molecule has 0 atom stereocenters. The van der Waals surface area contributed by atoms with Crippen LogP contribution in [-0.2, 0) is 11.3 Å². The fourth-order valence-corrected chi connectivity index (χ4v) is 2.12. The molecule has 1 N–H and O–H groups in total. The third-order valence-corrected chi connectivity index (χ3v) is 3.29. The van der Waals surface area contributed by atoms with Gasteiger partial charge in [0.15, 0.2) is 12.4 Å². The minimum atomic E-state index is -0.269. The van der Waals surface area contributed by atoms with E-state index < -0.39 is 0 Å². The van der Waals surface area contributed by atoms with E-state index in [0.29, 0.717) is 17.9 Å². The van der Waals surface area contributed by atoms with Crippen molar-refractivity contribution in [2.45, 2.75) is 13.5 Å². The van der Waals surface area contributed by atoms with E-state index in [2.05, 4.69) is 5.32 Å². The van der Waals surface area contributed by atoms with Crippen LogP contribution in [0.5, 0.6) is 11.5 Å². The van der Waals surface area contributed by atoms with Crippen molar-refractivity contribution in [2.24, 2.45) is 0 Å². The molecule has 23 heavy (non-hydrogen) atoms. The van der Waals surface area contributed by atoms with Gasteiger partial charge in [-0.15, -0.1) is 0 Å². The molecule has 0 aliphatic carbocycles. The van der Waals surface area contributed by atoms with E-state index in [4.69, 9.17) is 9.47 Å². The number of carbonyl (C=O) groups is 2. The van der Waals surface area contributed by atoms with E-state index in [9.17, 15) is 9.59 Å². The van der Waals surface area contributed by atoms with Gasteiger partial charge in [-0.2, -0.15) is 0 Å². The summed E-state index contributed by atoms with van der Waals surface area (Å²) in [6.07, 6.45) is 0. The molecule has 0 heterocycles. The monoisotopic (exact) mass is 313 g/mol. The average Bonchev–Trinajstić information content (AvgIpc) is 2.58. The average molecular weight is 313 g/mol. The predicted molar refractivity (Wildman–Crippen MR) is 86.8 cm³/mol. The minimum absolute atomic E-state index is 0.102. The summed E-state index contributed by atoms with van der Waals surface area (Å²) in [6, 6.07) is 14.3. The molecule has 0 saturated heterocycles. The van der Waals surface area contributed by atoms with Crippen LogP contribution in [-0.4, -0.2) is 25.4 Å². The third-order valence-electron chi connectivity index (χ3n) is 3.29. The van der Waals surface area contributed by atoms with Crippen LogP contribution in [0.4, 0.5) is 0 Å². The zero-order valence-electron chi connectivity index (χ0n) is 13.2. The molecule has 0 aromatic heterocycles. The number of benzene rings is 2. The molecule has 0 radical (unpaired) electrons. The number of methoxy groups -OCH3 is 1. The van der Waals surface area contributed by atoms with E-state index in [1.54, 1.807) is 31.4 Å². The second-order valence-corrected chi connectivity index (χ2v) is 4.93. The van der Waals surface area contributed by atoms with Crippen molar-refractivity contribution < 1.29 is 19.1 Å². The predicted octanol–water partition coefficient (Wildman–Crippen LogP) is 2.59. The van der Waals surface area contributed by atoms with Gasteiger partial charge in [-0.25, -0.2) is 0 Å². The van der Waals surface area contributed by atoms with Crippen molar-refractivity contribution in [1.29, 1.82) is 0 Å². The van der Waals surface area contributed by atoms with E-state index >= 15 is 0 Å². The molecule has 5 heteroatoms. The molecule has 0 spiro atoms. The van der Waals surface area contributed by atoms with Crippen molar-refractivity contribution in [2.75, 3.05) is 13.7 Å². The van der Waals surface area contributed by atoms with Gasteiger partial charge >= 0.3 is 0 Å². The van der Waals surface area contributed by atoms with Gasteiger partial charge in [0.05, 0.1) is 12.7 Å². The molecule has 2 rings (SSSR count). The zero-order valence-corrected chi connectivity index (χ0v) is 13.2. The number of para-hydroxylation sites is 2. The molecule has 120 valence electrons. The van der Waals surface area contributed by atoms with Gasteiger partial charge < -0.3 is 14.8 Å². The normalized spacial score (nSPS) is 10.0. The van der Waals surface area contributed by atoms with Gasteiger partial charge in [0, 0.05) is 12.1 Å². The highest BCUT2D eigenvalue weighted by molar-refractivity contribution is 5.96. The molecule has 1 amide bonds. The molecule has 0 unspecified atom stereocenters. The maximum atomic E-state index is 11.9. The second kappa shape index (κ2) is 7.98. The van der Waals surface area contributed by atoms with Crippen LogP contribution < -0.4 is 14.8 Å². The second-order valence-electron chi connectivity index (χ2n) is 4.93. The molecular weight excluding hydrogens is 294 g/mol. The van der Waals surface area contributed by atoms with Crippen molar-refractivity contribution in [1.82, 2.24) is 5.32 Å². The number of ether oxygens (including phenoxy) is 2. The maximum absolute atomic E-state index is 11.9. The lowest BCUT2D eigenvalue weighted by molar-refractivity contribution is -0.123. The number of carbonyl (C=O) groups excluding carboxylic acids is 2. The van der Waals surface area contributed by atoms with Gasteiger partial charge in [0.25, 0.3) is 5.91 Å². The van der Waals surface area contributed by atoms with Gasteiger partial charge in [-0.05, 0) is 25.1 Å². The molecule has 2 aromatic carbocycles. The van der Waals surface area contributed by atoms with Crippen molar-refractivity contribution >= 4 is 11.7 Å². The van der Waals surface area contributed by atoms with Crippen LogP contribution >= 0.6 is 0 Å². The van der Waals surface area contributed by atoms with Crippen LogP contribution in [0.3, 0.4) is 0 Å². The highest BCUT2D eigenvalue weighted by Crippen LogP contribution is 2.18. The van der Waals surface area contributed by atoms with Gasteiger partial charge in [-0.3, -0.25) is 9.59 Å². The SMILES string of the molecule is COc1ccccc1CNC(=O)COc1ccccc1C(C)=O. The number of nitrogens with one attached hydrogen (secondary N) is 1. The molecule has 0 fully saturated rings. The number of ketones is 1. The van der Waals surface area contributed by atoms with Crippen molar-refractivity contribution in [3.63, 3.8) is 0 Å². The quantitative estimate of drug-likeness (QED) is 0.798. The van der Waals surface area contributed by atoms with Crippen LogP contribution in [0.25, 0.3) is 0 Å². The summed E-state index contributed by atoms with van der Waals surface area (Å²) >= 11 is 0. The Labute approximate surface area is 135 Å². The van der Waals surface area contributed by atoms with Crippen molar-refractivity contribution in [3.05, 3.63) is 59.7 Å². The third kappa shape index (κ3) is 4.57. The molecule has 0 bridgehead atoms. The molecular formula is C18H19NO4. The van der Waals surface area contributed by atoms with E-state index in [1.807, 2.05) is 24.3 Å². The number of Topliss-reactive ketones (excluding diaryl/α,β-unsaturated/α-hetero) is 1. The standard InChI is InChI=1S/C18H19NO4/c1-13(20)15-8-4-6-10-17(15)23-12-18(21)19-11-14-7-3-5-9-16(14)22-2/h3-10H,11-12H2,1-2H3,(H,19,21). The summed E-state index contributed by atoms with van der Waals surface area (Å²) in [5.74, 6) is 0.757. The summed E-state index contributed by atoms with van der Waals surface area (Å²) in [5.41, 5.74) is 1.34. The van der Waals surface area contributed by atoms with Crippen LogP contribution in [0.1, 0.15) is 22.8 Å². The van der Waals surface area contributed by atoms with Crippen LogP contribution in [0.15, 0.2) is 48.5 Å². The van der Waals surface area contributed by atoms with Gasteiger partial charge in [-0.1, -0.05) is 30.3 Å². The molecule has 0 aliphatic heterocycles. The lowest BCUT2D eigenvalue weighted by Gasteiger charge is -2.11. The lowest BCUT2D eigenvalue weighted by atomic mass is 10.1. The fourth-order valence-electron chi connectivity index (χ4n) is 2.12. The summed E-state index contributed by atoms with van der Waals surface area (Å²) in [7, 11) is 1.59. The van der Waals surface area contributed by atoms with E-state index in [0.717, 1.165) is 11.3 Å². The summed E-state index contributed by atoms with van der Waals surface area (Å²) in [4.78, 5) is 23.4. The Bertz CT molecular complexity index is 697. The van der Waals surface area contributed by atoms with E-state index in [-0.39, 0.29) is 18.3 Å². The van der Waals surface area contributed by atoms with Gasteiger partial charge in [0.1, 0.15) is 11.5 Å². The minimum Gasteiger partial charge on any atom is -0.496 e. The zero-order chi connectivity index (χ0) is 16.7. The number of amides is 1. The Balaban J connectivity index is 1.90. The molecule has 0 saturated carbocycles. The Hall–Kier alpha value is -2.82. The highest BCUT2D eigenvalue weighted by atomic mass is 16.5. The Morgan fingerprint density at radius 1 is 1.00 bits per heavy atom. The maximum Gasteiger partial charge on any atom is 0.258 e. The first-order chi connectivity index (χ1) is 11.1. The topological polar surface area (TPSA) is 64.6 Å². The van der Waals surface area contributed by atoms with Crippen molar-refractivity contribution in [3.8, 4) is 11.5 Å². The first-order valence-corrected chi connectivity index (χ1v) is 7.23. The van der Waals surface area contributed by atoms with E-state index in [1.165, 1.54) is 6.92 Å². The summed E-state index contributed by atoms with van der Waals surface area (Å²) < 4.78 is 10.7.